The average molecular weight is 298 g/mol. The van der Waals surface area contributed by atoms with Gasteiger partial charge in [-0.05, 0) is 30.6 Å². The van der Waals surface area contributed by atoms with Crippen LogP contribution in [0.3, 0.4) is 0 Å². The molecule has 0 aromatic carbocycles. The Morgan fingerprint density at radius 3 is 2.52 bits per heavy atom. The van der Waals surface area contributed by atoms with E-state index < -0.39 is 17.8 Å². The second kappa shape index (κ2) is 5.21. The van der Waals surface area contributed by atoms with Crippen LogP contribution >= 0.6 is 0 Å². The Morgan fingerprint density at radius 2 is 1.90 bits per heavy atom. The summed E-state index contributed by atoms with van der Waals surface area (Å²) >= 11 is 0. The molecule has 5 heteroatoms. The fourth-order valence-electron chi connectivity index (χ4n) is 4.93. The molecular formula is C16H26O5. The summed E-state index contributed by atoms with van der Waals surface area (Å²) in [5, 5.41) is 10.8. The van der Waals surface area contributed by atoms with Crippen LogP contribution in [0.15, 0.2) is 0 Å². The van der Waals surface area contributed by atoms with Crippen LogP contribution in [-0.2, 0) is 19.0 Å². The molecule has 0 aromatic heterocycles. The molecule has 0 aromatic rings. The summed E-state index contributed by atoms with van der Waals surface area (Å²) in [6.07, 6.45) is 2.53. The summed E-state index contributed by atoms with van der Waals surface area (Å²) in [4.78, 5) is 11.9. The van der Waals surface area contributed by atoms with Crippen LogP contribution in [-0.4, -0.2) is 43.3 Å². The van der Waals surface area contributed by atoms with Crippen molar-refractivity contribution in [2.45, 2.75) is 51.4 Å². The van der Waals surface area contributed by atoms with Gasteiger partial charge in [0.15, 0.2) is 5.79 Å². The molecule has 1 saturated heterocycles. The van der Waals surface area contributed by atoms with Gasteiger partial charge in [-0.25, -0.2) is 0 Å². The second-order valence-corrected chi connectivity index (χ2v) is 7.06. The maximum absolute atomic E-state index is 11.9. The number of rotatable bonds is 1. The number of ether oxygens (including phenoxy) is 3. The number of esters is 1. The maximum Gasteiger partial charge on any atom is 0.311 e. The standard InChI is InChI=1S/C16H26O5/c1-10-12-5-4-11(14(18)19-3)13(17)15(12,2)6-7-16(10)20-8-9-21-16/h10-13,17H,4-9H2,1-3H3/t10-,11?,12-,13?,15-/m1/s1. The first-order chi connectivity index (χ1) is 9.94. The van der Waals surface area contributed by atoms with E-state index in [0.29, 0.717) is 25.6 Å². The lowest BCUT2D eigenvalue weighted by Gasteiger charge is -2.57. The number of carbonyl (C=O) groups excluding carboxylic acids is 1. The molecule has 1 aliphatic heterocycles. The SMILES string of the molecule is COC(=O)C1CC[C@@H]2[C@@H](C)C3(CC[C@@]2(C)C1O)OCCO3. The van der Waals surface area contributed by atoms with Gasteiger partial charge in [0.25, 0.3) is 0 Å². The minimum atomic E-state index is -0.648. The predicted octanol–water partition coefficient (Wildman–Crippen LogP) is 1.73. The van der Waals surface area contributed by atoms with E-state index in [9.17, 15) is 9.90 Å². The van der Waals surface area contributed by atoms with E-state index in [0.717, 1.165) is 19.3 Å². The van der Waals surface area contributed by atoms with Crippen LogP contribution < -0.4 is 0 Å². The van der Waals surface area contributed by atoms with Crippen molar-refractivity contribution in [1.29, 1.82) is 0 Å². The zero-order valence-electron chi connectivity index (χ0n) is 13.1. The third-order valence-corrected chi connectivity index (χ3v) is 6.28. The van der Waals surface area contributed by atoms with Crippen molar-refractivity contribution in [3.8, 4) is 0 Å². The molecule has 3 fully saturated rings. The molecule has 0 radical (unpaired) electrons. The topological polar surface area (TPSA) is 65.0 Å². The van der Waals surface area contributed by atoms with Gasteiger partial charge in [-0.1, -0.05) is 13.8 Å². The number of aliphatic hydroxyl groups excluding tert-OH is 1. The van der Waals surface area contributed by atoms with Gasteiger partial charge in [0.1, 0.15) is 0 Å². The number of methoxy groups -OCH3 is 1. The molecule has 2 aliphatic carbocycles. The lowest BCUT2D eigenvalue weighted by Crippen LogP contribution is -2.59. The van der Waals surface area contributed by atoms with Gasteiger partial charge >= 0.3 is 5.97 Å². The van der Waals surface area contributed by atoms with Crippen LogP contribution in [0.1, 0.15) is 39.5 Å². The van der Waals surface area contributed by atoms with Gasteiger partial charge < -0.3 is 19.3 Å². The molecule has 120 valence electrons. The van der Waals surface area contributed by atoms with Crippen LogP contribution in [0.4, 0.5) is 0 Å². The Morgan fingerprint density at radius 1 is 1.24 bits per heavy atom. The Labute approximate surface area is 125 Å². The van der Waals surface area contributed by atoms with E-state index in [1.54, 1.807) is 0 Å². The zero-order chi connectivity index (χ0) is 15.3. The largest absolute Gasteiger partial charge is 0.469 e. The lowest BCUT2D eigenvalue weighted by atomic mass is 9.52. The van der Waals surface area contributed by atoms with E-state index in [4.69, 9.17) is 14.2 Å². The van der Waals surface area contributed by atoms with Crippen LogP contribution in [0, 0.1) is 23.2 Å². The molecule has 2 unspecified atom stereocenters. The highest BCUT2D eigenvalue weighted by Crippen LogP contribution is 2.58. The van der Waals surface area contributed by atoms with Crippen molar-refractivity contribution in [3.63, 3.8) is 0 Å². The Hall–Kier alpha value is -0.650. The van der Waals surface area contributed by atoms with E-state index in [1.807, 2.05) is 0 Å². The second-order valence-electron chi connectivity index (χ2n) is 7.06. The normalized spacial score (nSPS) is 45.3. The van der Waals surface area contributed by atoms with Gasteiger partial charge in [-0.3, -0.25) is 4.79 Å². The lowest BCUT2D eigenvalue weighted by molar-refractivity contribution is -0.263. The van der Waals surface area contributed by atoms with Crippen molar-refractivity contribution in [2.24, 2.45) is 23.2 Å². The van der Waals surface area contributed by atoms with E-state index in [2.05, 4.69) is 13.8 Å². The molecule has 1 N–H and O–H groups in total. The molecule has 5 atom stereocenters. The van der Waals surface area contributed by atoms with Gasteiger partial charge in [-0.2, -0.15) is 0 Å². The van der Waals surface area contributed by atoms with Crippen LogP contribution in [0.2, 0.25) is 0 Å². The molecule has 21 heavy (non-hydrogen) atoms. The quantitative estimate of drug-likeness (QED) is 0.747. The highest BCUT2D eigenvalue weighted by atomic mass is 16.7. The minimum absolute atomic E-state index is 0.229. The van der Waals surface area contributed by atoms with Gasteiger partial charge in [0.2, 0.25) is 0 Å². The molecule has 3 rings (SSSR count). The number of hydrogen-bond donors (Lipinski definition) is 1. The summed E-state index contributed by atoms with van der Waals surface area (Å²) < 4.78 is 16.7. The number of hydrogen-bond acceptors (Lipinski definition) is 5. The number of fused-ring (bicyclic) bond motifs is 1. The third-order valence-electron chi connectivity index (χ3n) is 6.28. The predicted molar refractivity (Wildman–Crippen MR) is 75.4 cm³/mol. The number of carbonyl (C=O) groups is 1. The van der Waals surface area contributed by atoms with Gasteiger partial charge in [0, 0.05) is 12.3 Å². The summed E-state index contributed by atoms with van der Waals surface area (Å²) in [7, 11) is 1.39. The summed E-state index contributed by atoms with van der Waals surface area (Å²) in [6, 6.07) is 0. The minimum Gasteiger partial charge on any atom is -0.469 e. The maximum atomic E-state index is 11.9. The first kappa shape index (κ1) is 15.3. The summed E-state index contributed by atoms with van der Waals surface area (Å²) in [5.41, 5.74) is -0.267. The zero-order valence-corrected chi connectivity index (χ0v) is 13.1. The molecule has 5 nitrogen and oxygen atoms in total. The Kier molecular flexibility index (Phi) is 3.79. The van der Waals surface area contributed by atoms with E-state index >= 15 is 0 Å². The summed E-state index contributed by atoms with van der Waals surface area (Å²) in [6.45, 7) is 5.58. The van der Waals surface area contributed by atoms with Gasteiger partial charge in [0.05, 0.1) is 32.3 Å². The van der Waals surface area contributed by atoms with Crippen molar-refractivity contribution in [1.82, 2.24) is 0 Å². The number of aliphatic hydroxyl groups is 1. The average Bonchev–Trinajstić information content (AvgIpc) is 2.95. The molecular weight excluding hydrogens is 272 g/mol. The monoisotopic (exact) mass is 298 g/mol. The summed E-state index contributed by atoms with van der Waals surface area (Å²) in [5.74, 6) is -0.624. The Bertz CT molecular complexity index is 417. The molecule has 0 bridgehead atoms. The van der Waals surface area contributed by atoms with Crippen LogP contribution in [0.25, 0.3) is 0 Å². The molecule has 1 heterocycles. The molecule has 0 amide bonds. The first-order valence-corrected chi connectivity index (χ1v) is 7.98. The third kappa shape index (κ3) is 2.13. The van der Waals surface area contributed by atoms with Crippen molar-refractivity contribution >= 4 is 5.97 Å². The first-order valence-electron chi connectivity index (χ1n) is 7.98. The molecule has 2 saturated carbocycles. The van der Waals surface area contributed by atoms with Crippen molar-refractivity contribution < 1.29 is 24.1 Å². The molecule has 3 aliphatic rings. The van der Waals surface area contributed by atoms with E-state index in [1.165, 1.54) is 7.11 Å². The Balaban J connectivity index is 1.84. The van der Waals surface area contributed by atoms with Crippen LogP contribution in [0.5, 0.6) is 0 Å². The highest BCUT2D eigenvalue weighted by Gasteiger charge is 2.60. The highest BCUT2D eigenvalue weighted by molar-refractivity contribution is 5.73. The molecule has 1 spiro atoms. The van der Waals surface area contributed by atoms with Gasteiger partial charge in [-0.15, -0.1) is 0 Å². The van der Waals surface area contributed by atoms with Crippen molar-refractivity contribution in [2.75, 3.05) is 20.3 Å². The fraction of sp³-hybridized carbons (Fsp3) is 0.938. The fourth-order valence-corrected chi connectivity index (χ4v) is 4.93. The van der Waals surface area contributed by atoms with E-state index in [-0.39, 0.29) is 17.3 Å². The smallest absolute Gasteiger partial charge is 0.311 e. The van der Waals surface area contributed by atoms with Crippen molar-refractivity contribution in [3.05, 3.63) is 0 Å².